The molecule has 1 amide bonds. The number of anilines is 2. The molecule has 0 saturated heterocycles. The molecule has 0 fully saturated rings. The van der Waals surface area contributed by atoms with E-state index in [1.807, 2.05) is 49.4 Å². The van der Waals surface area contributed by atoms with Crippen LogP contribution in [0, 0.1) is 5.92 Å². The van der Waals surface area contributed by atoms with Crippen LogP contribution in [0.1, 0.15) is 18.5 Å². The molecule has 0 saturated carbocycles. The molecular weight excluding hydrogens is 464 g/mol. The molecular formula is C21H21BrN6O3. The smallest absolute Gasteiger partial charge is 0.247 e. The maximum Gasteiger partial charge on any atom is 0.247 e. The van der Waals surface area contributed by atoms with E-state index in [0.29, 0.717) is 39.9 Å². The van der Waals surface area contributed by atoms with Crippen LogP contribution in [-0.2, 0) is 4.79 Å². The number of halogens is 1. The molecule has 2 atom stereocenters. The van der Waals surface area contributed by atoms with E-state index in [1.54, 1.807) is 11.8 Å². The van der Waals surface area contributed by atoms with Crippen LogP contribution in [0.4, 0.5) is 11.6 Å². The molecule has 0 bridgehead atoms. The van der Waals surface area contributed by atoms with Crippen molar-refractivity contribution in [3.63, 3.8) is 0 Å². The van der Waals surface area contributed by atoms with Crippen LogP contribution in [-0.4, -0.2) is 39.8 Å². The van der Waals surface area contributed by atoms with Gasteiger partial charge >= 0.3 is 0 Å². The third kappa shape index (κ3) is 3.98. The molecule has 10 heteroatoms. The number of hydrogen-bond donors (Lipinski definition) is 2. The topological polar surface area (TPSA) is 103 Å². The Balaban J connectivity index is 1.79. The third-order valence-electron chi connectivity index (χ3n) is 4.93. The lowest BCUT2D eigenvalue weighted by Crippen LogP contribution is -2.39. The summed E-state index contributed by atoms with van der Waals surface area (Å²) in [7, 11) is 1.57. The Labute approximate surface area is 187 Å². The monoisotopic (exact) mass is 484 g/mol. The van der Waals surface area contributed by atoms with Gasteiger partial charge in [-0.15, -0.1) is 0 Å². The van der Waals surface area contributed by atoms with Crippen molar-refractivity contribution in [3.8, 4) is 11.5 Å². The fraction of sp³-hybridized carbons (Fsp3) is 0.238. The van der Waals surface area contributed by atoms with Gasteiger partial charge in [-0.2, -0.15) is 0 Å². The molecule has 1 aromatic heterocycles. The second-order valence-electron chi connectivity index (χ2n) is 6.84. The fourth-order valence-corrected chi connectivity index (χ4v) is 4.16. The Kier molecular flexibility index (Phi) is 5.90. The summed E-state index contributed by atoms with van der Waals surface area (Å²) in [6.07, 6.45) is 0. The van der Waals surface area contributed by atoms with E-state index < -0.39 is 12.0 Å². The predicted molar refractivity (Wildman–Crippen MR) is 119 cm³/mol. The van der Waals surface area contributed by atoms with Gasteiger partial charge in [0.2, 0.25) is 11.9 Å². The first kappa shape index (κ1) is 20.9. The highest BCUT2D eigenvalue weighted by atomic mass is 79.9. The highest BCUT2D eigenvalue weighted by Crippen LogP contribution is 2.43. The maximum absolute atomic E-state index is 13.3. The van der Waals surface area contributed by atoms with E-state index in [1.165, 1.54) is 0 Å². The lowest BCUT2D eigenvalue weighted by molar-refractivity contribution is -0.119. The predicted octanol–water partition coefficient (Wildman–Crippen LogP) is 3.63. The average molecular weight is 485 g/mol. The van der Waals surface area contributed by atoms with Crippen LogP contribution in [0.15, 0.2) is 59.2 Å². The molecule has 0 spiro atoms. The SMILES string of the molecule is C=C1Nc2nnnn2C(c2cc(Br)c(OCC)c(OC)c2)C1C(=O)Nc1ccccc1. The summed E-state index contributed by atoms with van der Waals surface area (Å²) in [5.41, 5.74) is 1.94. The Bertz CT molecular complexity index is 1120. The first-order valence-corrected chi connectivity index (χ1v) is 10.4. The number of rotatable bonds is 6. The molecule has 31 heavy (non-hydrogen) atoms. The molecule has 4 rings (SSSR count). The van der Waals surface area contributed by atoms with E-state index >= 15 is 0 Å². The first-order chi connectivity index (χ1) is 15.0. The summed E-state index contributed by atoms with van der Waals surface area (Å²) in [5.74, 6) is 0.600. The normalized spacial score (nSPS) is 17.5. The number of carbonyl (C=O) groups is 1. The zero-order chi connectivity index (χ0) is 22.0. The number of ether oxygens (including phenoxy) is 2. The van der Waals surface area contributed by atoms with Gasteiger partial charge in [-0.25, -0.2) is 4.68 Å². The minimum atomic E-state index is -0.689. The van der Waals surface area contributed by atoms with Crippen molar-refractivity contribution in [2.45, 2.75) is 13.0 Å². The van der Waals surface area contributed by atoms with Gasteiger partial charge in [0.1, 0.15) is 5.92 Å². The van der Waals surface area contributed by atoms with Gasteiger partial charge in [0.15, 0.2) is 11.5 Å². The number of aromatic nitrogens is 4. The van der Waals surface area contributed by atoms with Gasteiger partial charge in [-0.3, -0.25) is 4.79 Å². The summed E-state index contributed by atoms with van der Waals surface area (Å²) < 4.78 is 13.5. The summed E-state index contributed by atoms with van der Waals surface area (Å²) in [4.78, 5) is 13.3. The Morgan fingerprint density at radius 1 is 1.32 bits per heavy atom. The van der Waals surface area contributed by atoms with Crippen molar-refractivity contribution < 1.29 is 14.3 Å². The Hall–Kier alpha value is -3.40. The minimum absolute atomic E-state index is 0.237. The van der Waals surface area contributed by atoms with Crippen molar-refractivity contribution in [1.29, 1.82) is 0 Å². The number of para-hydroxylation sites is 1. The van der Waals surface area contributed by atoms with Gasteiger partial charge < -0.3 is 20.1 Å². The average Bonchev–Trinajstić information content (AvgIpc) is 3.22. The summed E-state index contributed by atoms with van der Waals surface area (Å²) >= 11 is 3.56. The number of benzene rings is 2. The molecule has 2 unspecified atom stereocenters. The lowest BCUT2D eigenvalue weighted by atomic mass is 9.88. The number of fused-ring (bicyclic) bond motifs is 1. The van der Waals surface area contributed by atoms with Gasteiger partial charge in [-0.05, 0) is 63.1 Å². The van der Waals surface area contributed by atoms with Crippen molar-refractivity contribution in [3.05, 3.63) is 64.8 Å². The Morgan fingerprint density at radius 2 is 2.10 bits per heavy atom. The quantitative estimate of drug-likeness (QED) is 0.550. The minimum Gasteiger partial charge on any atom is -0.493 e. The van der Waals surface area contributed by atoms with E-state index in [-0.39, 0.29) is 5.91 Å². The van der Waals surface area contributed by atoms with Crippen LogP contribution < -0.4 is 20.1 Å². The van der Waals surface area contributed by atoms with Gasteiger partial charge in [-0.1, -0.05) is 29.9 Å². The number of nitrogens with zero attached hydrogens (tertiary/aromatic N) is 4. The zero-order valence-electron chi connectivity index (χ0n) is 17.0. The van der Waals surface area contributed by atoms with Gasteiger partial charge in [0.25, 0.3) is 0 Å². The number of hydrogen-bond acceptors (Lipinski definition) is 7. The third-order valence-corrected chi connectivity index (χ3v) is 5.51. The number of nitrogens with one attached hydrogen (secondary N) is 2. The second-order valence-corrected chi connectivity index (χ2v) is 7.70. The molecule has 3 aromatic rings. The van der Waals surface area contributed by atoms with E-state index in [0.717, 1.165) is 5.56 Å². The Morgan fingerprint density at radius 3 is 2.81 bits per heavy atom. The molecule has 1 aliphatic heterocycles. The maximum atomic E-state index is 13.3. The molecule has 0 radical (unpaired) electrons. The molecule has 2 N–H and O–H groups in total. The molecule has 1 aliphatic rings. The number of methoxy groups -OCH3 is 1. The van der Waals surface area contributed by atoms with E-state index in [4.69, 9.17) is 9.47 Å². The molecule has 2 aromatic carbocycles. The van der Waals surface area contributed by atoms with Gasteiger partial charge in [0, 0.05) is 11.4 Å². The highest BCUT2D eigenvalue weighted by Gasteiger charge is 2.40. The van der Waals surface area contributed by atoms with E-state index in [9.17, 15) is 4.79 Å². The largest absolute Gasteiger partial charge is 0.493 e. The van der Waals surface area contributed by atoms with E-state index in [2.05, 4.69) is 48.7 Å². The second kappa shape index (κ2) is 8.76. The summed E-state index contributed by atoms with van der Waals surface area (Å²) in [6.45, 7) is 6.46. The van der Waals surface area contributed by atoms with Crippen LogP contribution >= 0.6 is 15.9 Å². The van der Waals surface area contributed by atoms with Gasteiger partial charge in [0.05, 0.1) is 24.2 Å². The van der Waals surface area contributed by atoms with Crippen molar-refractivity contribution in [2.24, 2.45) is 5.92 Å². The number of amides is 1. The van der Waals surface area contributed by atoms with Crippen molar-refractivity contribution in [1.82, 2.24) is 20.2 Å². The summed E-state index contributed by atoms with van der Waals surface area (Å²) in [6, 6.07) is 12.4. The molecule has 160 valence electrons. The van der Waals surface area contributed by atoms with Crippen LogP contribution in [0.25, 0.3) is 0 Å². The highest BCUT2D eigenvalue weighted by molar-refractivity contribution is 9.10. The van der Waals surface area contributed by atoms with Crippen molar-refractivity contribution in [2.75, 3.05) is 24.4 Å². The molecule has 9 nitrogen and oxygen atoms in total. The zero-order valence-corrected chi connectivity index (χ0v) is 18.6. The molecule has 0 aliphatic carbocycles. The standard InChI is InChI=1S/C21H21BrN6O3/c1-4-31-19-15(22)10-13(11-16(19)30-3)18-17(12(2)23-21-25-26-27-28(18)21)20(29)24-14-8-6-5-7-9-14/h5-11,17-18H,2,4H2,1,3H3,(H,24,29)(H,23,25,27). The summed E-state index contributed by atoms with van der Waals surface area (Å²) in [5, 5.41) is 17.9. The fourth-order valence-electron chi connectivity index (χ4n) is 3.59. The number of tetrazole rings is 1. The first-order valence-electron chi connectivity index (χ1n) is 9.63. The lowest BCUT2D eigenvalue weighted by Gasteiger charge is -2.33. The number of carbonyl (C=O) groups excluding carboxylic acids is 1. The van der Waals surface area contributed by atoms with Crippen LogP contribution in [0.5, 0.6) is 11.5 Å². The van der Waals surface area contributed by atoms with Crippen LogP contribution in [0.3, 0.4) is 0 Å². The molecule has 2 heterocycles. The van der Waals surface area contributed by atoms with Crippen molar-refractivity contribution >= 4 is 33.5 Å². The van der Waals surface area contributed by atoms with Crippen LogP contribution in [0.2, 0.25) is 0 Å².